The molecule has 0 aliphatic heterocycles. The van der Waals surface area contributed by atoms with Gasteiger partial charge in [-0.1, -0.05) is 25.2 Å². The standard InChI is InChI=1S/C12H20N2O/c1-4-12(8-6-5-7-9-12)14-11(15)13-10(2)3/h1,10H,5-9H2,2-3H3,(H2,13,14,15). The minimum atomic E-state index is -0.406. The number of nitrogens with one attached hydrogen (secondary N) is 2. The molecule has 2 amide bonds. The van der Waals surface area contributed by atoms with Crippen molar-refractivity contribution in [2.75, 3.05) is 0 Å². The highest BCUT2D eigenvalue weighted by Crippen LogP contribution is 2.27. The Balaban J connectivity index is 2.52. The number of rotatable bonds is 2. The number of terminal acetylenes is 1. The molecule has 0 aromatic carbocycles. The van der Waals surface area contributed by atoms with E-state index in [0.717, 1.165) is 25.7 Å². The molecule has 0 heterocycles. The zero-order valence-electron chi connectivity index (χ0n) is 9.60. The minimum absolute atomic E-state index is 0.142. The molecular formula is C12H20N2O. The minimum Gasteiger partial charge on any atom is -0.336 e. The molecule has 1 aliphatic rings. The maximum atomic E-state index is 11.6. The lowest BCUT2D eigenvalue weighted by Crippen LogP contribution is -2.53. The monoisotopic (exact) mass is 208 g/mol. The Morgan fingerprint density at radius 1 is 1.33 bits per heavy atom. The number of amides is 2. The van der Waals surface area contributed by atoms with Crippen LogP contribution in [0.2, 0.25) is 0 Å². The molecule has 0 spiro atoms. The van der Waals surface area contributed by atoms with Crippen LogP contribution >= 0.6 is 0 Å². The lowest BCUT2D eigenvalue weighted by atomic mass is 9.82. The summed E-state index contributed by atoms with van der Waals surface area (Å²) >= 11 is 0. The number of urea groups is 1. The van der Waals surface area contributed by atoms with Crippen LogP contribution in [-0.4, -0.2) is 17.6 Å². The molecule has 15 heavy (non-hydrogen) atoms. The van der Waals surface area contributed by atoms with Crippen LogP contribution in [-0.2, 0) is 0 Å². The van der Waals surface area contributed by atoms with Crippen LogP contribution in [0.15, 0.2) is 0 Å². The van der Waals surface area contributed by atoms with Crippen molar-refractivity contribution in [3.05, 3.63) is 0 Å². The van der Waals surface area contributed by atoms with E-state index in [-0.39, 0.29) is 12.1 Å². The fourth-order valence-electron chi connectivity index (χ4n) is 1.98. The zero-order valence-corrected chi connectivity index (χ0v) is 9.60. The van der Waals surface area contributed by atoms with E-state index < -0.39 is 5.54 Å². The maximum Gasteiger partial charge on any atom is 0.316 e. The maximum absolute atomic E-state index is 11.6. The molecule has 0 atom stereocenters. The Morgan fingerprint density at radius 2 is 1.93 bits per heavy atom. The second-order valence-corrected chi connectivity index (χ2v) is 4.54. The van der Waals surface area contributed by atoms with Gasteiger partial charge in [0, 0.05) is 6.04 Å². The van der Waals surface area contributed by atoms with Gasteiger partial charge in [0.25, 0.3) is 0 Å². The highest BCUT2D eigenvalue weighted by molar-refractivity contribution is 5.75. The van der Waals surface area contributed by atoms with Crippen molar-refractivity contribution in [1.29, 1.82) is 0 Å². The molecule has 2 N–H and O–H groups in total. The molecule has 0 bridgehead atoms. The summed E-state index contributed by atoms with van der Waals surface area (Å²) in [7, 11) is 0. The Kier molecular flexibility index (Phi) is 4.02. The van der Waals surface area contributed by atoms with Crippen molar-refractivity contribution in [3.8, 4) is 12.3 Å². The smallest absolute Gasteiger partial charge is 0.316 e. The zero-order chi connectivity index (χ0) is 11.3. The van der Waals surface area contributed by atoms with Crippen molar-refractivity contribution >= 4 is 6.03 Å². The van der Waals surface area contributed by atoms with Gasteiger partial charge in [0.1, 0.15) is 5.54 Å². The summed E-state index contributed by atoms with van der Waals surface area (Å²) in [4.78, 5) is 11.6. The van der Waals surface area contributed by atoms with Gasteiger partial charge in [0.15, 0.2) is 0 Å². The third kappa shape index (κ3) is 3.47. The SMILES string of the molecule is C#CC1(NC(=O)NC(C)C)CCCCC1. The highest BCUT2D eigenvalue weighted by Gasteiger charge is 2.31. The van der Waals surface area contributed by atoms with Gasteiger partial charge >= 0.3 is 6.03 Å². The van der Waals surface area contributed by atoms with E-state index >= 15 is 0 Å². The Morgan fingerprint density at radius 3 is 2.40 bits per heavy atom. The largest absolute Gasteiger partial charge is 0.336 e. The van der Waals surface area contributed by atoms with Gasteiger partial charge in [0.2, 0.25) is 0 Å². The van der Waals surface area contributed by atoms with E-state index in [1.54, 1.807) is 0 Å². The normalized spacial score (nSPS) is 19.3. The van der Waals surface area contributed by atoms with Gasteiger partial charge in [-0.25, -0.2) is 4.79 Å². The first-order valence-corrected chi connectivity index (χ1v) is 5.64. The summed E-state index contributed by atoms with van der Waals surface area (Å²) in [5.74, 6) is 2.75. The predicted molar refractivity (Wildman–Crippen MR) is 61.5 cm³/mol. The van der Waals surface area contributed by atoms with Crippen molar-refractivity contribution in [3.63, 3.8) is 0 Å². The Bertz CT molecular complexity index is 259. The van der Waals surface area contributed by atoms with E-state index in [1.807, 2.05) is 13.8 Å². The number of carbonyl (C=O) groups is 1. The summed E-state index contributed by atoms with van der Waals surface area (Å²) in [5, 5.41) is 5.73. The fourth-order valence-corrected chi connectivity index (χ4v) is 1.98. The van der Waals surface area contributed by atoms with E-state index in [9.17, 15) is 4.79 Å². The quantitative estimate of drug-likeness (QED) is 0.670. The molecule has 3 nitrogen and oxygen atoms in total. The predicted octanol–water partition coefficient (Wildman–Crippen LogP) is 2.03. The summed E-state index contributed by atoms with van der Waals surface area (Å²) in [6.07, 6.45) is 10.7. The third-order valence-corrected chi connectivity index (χ3v) is 2.76. The molecule has 1 rings (SSSR count). The van der Waals surface area contributed by atoms with E-state index in [4.69, 9.17) is 6.42 Å². The Hall–Kier alpha value is -1.17. The summed E-state index contributed by atoms with van der Waals surface area (Å²) in [6, 6.07) is -0.00624. The van der Waals surface area contributed by atoms with Gasteiger partial charge in [0.05, 0.1) is 0 Å². The summed E-state index contributed by atoms with van der Waals surface area (Å²) in [5.41, 5.74) is -0.406. The van der Waals surface area contributed by atoms with Gasteiger partial charge in [-0.2, -0.15) is 0 Å². The van der Waals surface area contributed by atoms with Crippen LogP contribution < -0.4 is 10.6 Å². The fraction of sp³-hybridized carbons (Fsp3) is 0.750. The molecule has 1 fully saturated rings. The van der Waals surface area contributed by atoms with Crippen molar-refractivity contribution in [2.24, 2.45) is 0 Å². The molecule has 0 aromatic rings. The van der Waals surface area contributed by atoms with Crippen molar-refractivity contribution in [2.45, 2.75) is 57.5 Å². The van der Waals surface area contributed by atoms with E-state index in [2.05, 4.69) is 16.6 Å². The lowest BCUT2D eigenvalue weighted by Gasteiger charge is -2.33. The topological polar surface area (TPSA) is 41.1 Å². The molecule has 84 valence electrons. The first-order chi connectivity index (χ1) is 7.08. The highest BCUT2D eigenvalue weighted by atomic mass is 16.2. The lowest BCUT2D eigenvalue weighted by molar-refractivity contribution is 0.220. The van der Waals surface area contributed by atoms with Gasteiger partial charge in [-0.15, -0.1) is 6.42 Å². The average molecular weight is 208 g/mol. The molecule has 0 radical (unpaired) electrons. The van der Waals surface area contributed by atoms with Crippen LogP contribution in [0.3, 0.4) is 0 Å². The average Bonchev–Trinajstić information content (AvgIpc) is 2.17. The first kappa shape index (κ1) is 11.9. The molecule has 0 aromatic heterocycles. The van der Waals surface area contributed by atoms with Crippen LogP contribution in [0, 0.1) is 12.3 Å². The molecule has 3 heteroatoms. The first-order valence-electron chi connectivity index (χ1n) is 5.64. The molecule has 0 saturated heterocycles. The number of hydrogen-bond acceptors (Lipinski definition) is 1. The van der Waals surface area contributed by atoms with Gasteiger partial charge < -0.3 is 10.6 Å². The van der Waals surface area contributed by atoms with Crippen molar-refractivity contribution in [1.82, 2.24) is 10.6 Å². The second-order valence-electron chi connectivity index (χ2n) is 4.54. The summed E-state index contributed by atoms with van der Waals surface area (Å²) in [6.45, 7) is 3.87. The third-order valence-electron chi connectivity index (χ3n) is 2.76. The van der Waals surface area contributed by atoms with Crippen LogP contribution in [0.5, 0.6) is 0 Å². The summed E-state index contributed by atoms with van der Waals surface area (Å²) < 4.78 is 0. The molecule has 0 unspecified atom stereocenters. The number of carbonyl (C=O) groups excluding carboxylic acids is 1. The van der Waals surface area contributed by atoms with Crippen LogP contribution in [0.4, 0.5) is 4.79 Å². The van der Waals surface area contributed by atoms with Gasteiger partial charge in [-0.05, 0) is 26.7 Å². The molecular weight excluding hydrogens is 188 g/mol. The molecule has 1 aliphatic carbocycles. The second kappa shape index (κ2) is 5.06. The van der Waals surface area contributed by atoms with E-state index in [0.29, 0.717) is 0 Å². The van der Waals surface area contributed by atoms with Crippen LogP contribution in [0.25, 0.3) is 0 Å². The number of hydrogen-bond donors (Lipinski definition) is 2. The van der Waals surface area contributed by atoms with Crippen molar-refractivity contribution < 1.29 is 4.79 Å². The van der Waals surface area contributed by atoms with E-state index in [1.165, 1.54) is 6.42 Å². The Labute approximate surface area is 92.0 Å². The van der Waals surface area contributed by atoms with Crippen LogP contribution in [0.1, 0.15) is 46.0 Å². The van der Waals surface area contributed by atoms with Gasteiger partial charge in [-0.3, -0.25) is 0 Å². The molecule has 1 saturated carbocycles.